The van der Waals surface area contributed by atoms with Crippen LogP contribution in [0.3, 0.4) is 0 Å². The molecule has 1 unspecified atom stereocenters. The first-order valence-corrected chi connectivity index (χ1v) is 11.4. The zero-order chi connectivity index (χ0) is 24.1. The second kappa shape index (κ2) is 10.4. The van der Waals surface area contributed by atoms with E-state index in [1.165, 1.54) is 0 Å². The molecule has 1 aliphatic heterocycles. The van der Waals surface area contributed by atoms with Crippen molar-refractivity contribution in [1.82, 2.24) is 9.88 Å². The summed E-state index contributed by atoms with van der Waals surface area (Å²) in [5.41, 5.74) is 2.91. The number of pyridine rings is 1. The smallest absolute Gasteiger partial charge is 0.234 e. The molecule has 4 rings (SSSR count). The van der Waals surface area contributed by atoms with Crippen LogP contribution in [-0.2, 0) is 11.3 Å². The number of carbonyl (C=O) groups is 1. The van der Waals surface area contributed by atoms with E-state index in [2.05, 4.69) is 15.3 Å². The van der Waals surface area contributed by atoms with E-state index in [-0.39, 0.29) is 11.8 Å². The number of aliphatic imine (C=N–C) groups is 1. The quantitative estimate of drug-likeness (QED) is 0.507. The van der Waals surface area contributed by atoms with E-state index in [4.69, 9.17) is 21.6 Å². The van der Waals surface area contributed by atoms with Crippen LogP contribution in [0.25, 0.3) is 0 Å². The summed E-state index contributed by atoms with van der Waals surface area (Å²) < 4.78 is 5.86. The lowest BCUT2D eigenvalue weighted by Gasteiger charge is -2.32. The van der Waals surface area contributed by atoms with E-state index >= 15 is 0 Å². The number of aryl methyl sites for hydroxylation is 1. The highest BCUT2D eigenvalue weighted by molar-refractivity contribution is 6.30. The van der Waals surface area contributed by atoms with Crippen molar-refractivity contribution >= 4 is 29.2 Å². The molecule has 7 nitrogen and oxygen atoms in total. The molecular weight excluding hydrogens is 450 g/mol. The molecule has 1 amide bonds. The molecule has 1 aromatic heterocycles. The van der Waals surface area contributed by atoms with Crippen molar-refractivity contribution in [2.45, 2.75) is 26.8 Å². The zero-order valence-corrected chi connectivity index (χ0v) is 19.7. The van der Waals surface area contributed by atoms with Crippen LogP contribution in [0.4, 0.5) is 5.69 Å². The predicted molar refractivity (Wildman–Crippen MR) is 132 cm³/mol. The predicted octanol–water partition coefficient (Wildman–Crippen LogP) is 5.54. The van der Waals surface area contributed by atoms with E-state index in [1.54, 1.807) is 23.1 Å². The SMILES string of the molecule is CCC1CN=C(Nc2ccc(Oc3cccc(C#N)n3)c(C)c2)N(Cc2ccc(Cl)cc2)C1=O. The number of amides is 1. The molecule has 8 heteroatoms. The molecule has 0 radical (unpaired) electrons. The Kier molecular flexibility index (Phi) is 7.09. The number of nitriles is 1. The Balaban J connectivity index is 1.53. The van der Waals surface area contributed by atoms with Crippen LogP contribution in [0.15, 0.2) is 65.7 Å². The third-order valence-corrected chi connectivity index (χ3v) is 5.81. The monoisotopic (exact) mass is 473 g/mol. The summed E-state index contributed by atoms with van der Waals surface area (Å²) in [5.74, 6) is 1.41. The van der Waals surface area contributed by atoms with Crippen molar-refractivity contribution in [1.29, 1.82) is 5.26 Å². The zero-order valence-electron chi connectivity index (χ0n) is 19.0. The average Bonchev–Trinajstić information content (AvgIpc) is 2.84. The molecule has 0 bridgehead atoms. The van der Waals surface area contributed by atoms with Gasteiger partial charge in [0, 0.05) is 16.8 Å². The fourth-order valence-corrected chi connectivity index (χ4v) is 3.76. The van der Waals surface area contributed by atoms with Gasteiger partial charge in [0.15, 0.2) is 0 Å². The van der Waals surface area contributed by atoms with Gasteiger partial charge in [-0.3, -0.25) is 14.7 Å². The number of guanidine groups is 1. The summed E-state index contributed by atoms with van der Waals surface area (Å²) in [7, 11) is 0. The topological polar surface area (TPSA) is 90.6 Å². The van der Waals surface area contributed by atoms with Gasteiger partial charge in [0.25, 0.3) is 0 Å². The number of anilines is 1. The number of nitrogens with one attached hydrogen (secondary N) is 1. The van der Waals surface area contributed by atoms with Crippen molar-refractivity contribution < 1.29 is 9.53 Å². The Bertz CT molecular complexity index is 1270. The second-order valence-electron chi connectivity index (χ2n) is 8.00. The summed E-state index contributed by atoms with van der Waals surface area (Å²) in [6.45, 7) is 4.77. The van der Waals surface area contributed by atoms with Gasteiger partial charge in [0.1, 0.15) is 17.5 Å². The molecule has 0 saturated carbocycles. The van der Waals surface area contributed by atoms with Gasteiger partial charge >= 0.3 is 0 Å². The highest BCUT2D eigenvalue weighted by Gasteiger charge is 2.31. The van der Waals surface area contributed by atoms with Crippen LogP contribution in [0.1, 0.15) is 30.2 Å². The second-order valence-corrected chi connectivity index (χ2v) is 8.44. The molecule has 0 aliphatic carbocycles. The number of hydrogen-bond donors (Lipinski definition) is 1. The van der Waals surface area contributed by atoms with Gasteiger partial charge in [-0.25, -0.2) is 4.98 Å². The Morgan fingerprint density at radius 1 is 1.21 bits per heavy atom. The summed E-state index contributed by atoms with van der Waals surface area (Å²) >= 11 is 6.01. The molecule has 0 spiro atoms. The normalized spacial score (nSPS) is 15.5. The van der Waals surface area contributed by atoms with E-state index in [0.29, 0.717) is 41.4 Å². The Labute approximate surface area is 203 Å². The molecule has 1 atom stereocenters. The summed E-state index contributed by atoms with van der Waals surface area (Å²) in [6.07, 6.45) is 0.735. The van der Waals surface area contributed by atoms with Crippen molar-refractivity contribution in [2.75, 3.05) is 11.9 Å². The van der Waals surface area contributed by atoms with Gasteiger partial charge in [0.05, 0.1) is 19.0 Å². The van der Waals surface area contributed by atoms with Crippen LogP contribution in [0.5, 0.6) is 11.6 Å². The van der Waals surface area contributed by atoms with Crippen molar-refractivity contribution in [3.63, 3.8) is 0 Å². The molecule has 34 heavy (non-hydrogen) atoms. The standard InChI is InChI=1S/C26H24ClN5O2/c1-3-19-15-29-26(32(25(19)33)16-18-7-9-20(27)10-8-18)31-21-11-12-23(17(2)13-21)34-24-6-4-5-22(14-28)30-24/h4-13,19H,3,15-16H2,1-2H3,(H,29,31). The summed E-state index contributed by atoms with van der Waals surface area (Å²) in [5, 5.41) is 13.0. The van der Waals surface area contributed by atoms with Crippen LogP contribution in [-0.4, -0.2) is 28.3 Å². The number of aromatic nitrogens is 1. The molecule has 3 aromatic rings. The van der Waals surface area contributed by atoms with Crippen molar-refractivity contribution in [3.8, 4) is 17.7 Å². The van der Waals surface area contributed by atoms with E-state index in [0.717, 1.165) is 23.2 Å². The first-order chi connectivity index (χ1) is 16.5. The lowest BCUT2D eigenvalue weighted by atomic mass is 10.0. The fraction of sp³-hybridized carbons (Fsp3) is 0.231. The maximum absolute atomic E-state index is 13.1. The highest BCUT2D eigenvalue weighted by Crippen LogP contribution is 2.27. The Morgan fingerprint density at radius 3 is 2.71 bits per heavy atom. The number of carbonyl (C=O) groups excluding carboxylic acids is 1. The Hall–Kier alpha value is -3.89. The molecule has 2 aromatic carbocycles. The molecular formula is C26H24ClN5O2. The molecule has 0 fully saturated rings. The molecule has 1 N–H and O–H groups in total. The van der Waals surface area contributed by atoms with Crippen molar-refractivity contribution in [3.05, 3.63) is 82.5 Å². The first-order valence-electron chi connectivity index (χ1n) is 11.0. The summed E-state index contributed by atoms with van der Waals surface area (Å²) in [6, 6.07) is 20.1. The summed E-state index contributed by atoms with van der Waals surface area (Å²) in [4.78, 5) is 23.7. The highest BCUT2D eigenvalue weighted by atomic mass is 35.5. The molecule has 0 saturated heterocycles. The molecule has 172 valence electrons. The van der Waals surface area contributed by atoms with Gasteiger partial charge in [-0.2, -0.15) is 5.26 Å². The molecule has 2 heterocycles. The minimum Gasteiger partial charge on any atom is -0.439 e. The lowest BCUT2D eigenvalue weighted by Crippen LogP contribution is -2.48. The number of ether oxygens (including phenoxy) is 1. The largest absolute Gasteiger partial charge is 0.439 e. The average molecular weight is 474 g/mol. The van der Waals surface area contributed by atoms with E-state index < -0.39 is 0 Å². The number of rotatable bonds is 6. The first kappa shape index (κ1) is 23.3. The van der Waals surface area contributed by atoms with Crippen LogP contribution < -0.4 is 10.1 Å². The van der Waals surface area contributed by atoms with Gasteiger partial charge in [0.2, 0.25) is 17.7 Å². The van der Waals surface area contributed by atoms with Crippen LogP contribution >= 0.6 is 11.6 Å². The number of halogens is 1. The number of nitrogens with zero attached hydrogens (tertiary/aromatic N) is 4. The Morgan fingerprint density at radius 2 is 2.00 bits per heavy atom. The number of hydrogen-bond acceptors (Lipinski definition) is 6. The van der Waals surface area contributed by atoms with Gasteiger partial charge in [-0.1, -0.05) is 36.7 Å². The fourth-order valence-electron chi connectivity index (χ4n) is 3.64. The number of benzene rings is 2. The van der Waals surface area contributed by atoms with Gasteiger partial charge in [-0.05, 0) is 60.9 Å². The van der Waals surface area contributed by atoms with Gasteiger partial charge in [-0.15, -0.1) is 0 Å². The van der Waals surface area contributed by atoms with Crippen molar-refractivity contribution in [2.24, 2.45) is 10.9 Å². The van der Waals surface area contributed by atoms with Gasteiger partial charge < -0.3 is 10.1 Å². The van der Waals surface area contributed by atoms with E-state index in [1.807, 2.05) is 62.4 Å². The maximum Gasteiger partial charge on any atom is 0.234 e. The van der Waals surface area contributed by atoms with Crippen LogP contribution in [0, 0.1) is 24.2 Å². The lowest BCUT2D eigenvalue weighted by molar-refractivity contribution is -0.132. The minimum atomic E-state index is -0.132. The third-order valence-electron chi connectivity index (χ3n) is 5.56. The van der Waals surface area contributed by atoms with E-state index in [9.17, 15) is 4.79 Å². The third kappa shape index (κ3) is 5.36. The maximum atomic E-state index is 13.1. The minimum absolute atomic E-state index is 0.0510. The molecule has 1 aliphatic rings. The van der Waals surface area contributed by atoms with Crippen LogP contribution in [0.2, 0.25) is 5.02 Å².